The van der Waals surface area contributed by atoms with Gasteiger partial charge in [0.2, 0.25) is 0 Å². The lowest BCUT2D eigenvalue weighted by molar-refractivity contribution is -0.140. The van der Waals surface area contributed by atoms with Crippen molar-refractivity contribution in [3.63, 3.8) is 0 Å². The van der Waals surface area contributed by atoms with Crippen molar-refractivity contribution in [2.75, 3.05) is 45.2 Å². The number of pyridine rings is 1. The lowest BCUT2D eigenvalue weighted by Crippen LogP contribution is -2.39. The molecule has 2 atom stereocenters. The van der Waals surface area contributed by atoms with E-state index >= 15 is 0 Å². The minimum Gasteiger partial charge on any atom is -0.488 e. The van der Waals surface area contributed by atoms with Crippen molar-refractivity contribution in [2.24, 2.45) is 0 Å². The first-order valence-electron chi connectivity index (χ1n) is 18.3. The number of aryl methyl sites for hydroxylation is 1. The lowest BCUT2D eigenvalue weighted by atomic mass is 9.97. The van der Waals surface area contributed by atoms with E-state index in [2.05, 4.69) is 55.1 Å². The van der Waals surface area contributed by atoms with E-state index in [9.17, 15) is 25.4 Å². The van der Waals surface area contributed by atoms with Crippen molar-refractivity contribution in [3.8, 4) is 28.7 Å². The largest absolute Gasteiger partial charge is 0.488 e. The molecule has 13 nitrogen and oxygen atoms in total. The number of benzene rings is 3. The van der Waals surface area contributed by atoms with Crippen LogP contribution in [0.25, 0.3) is 22.0 Å². The standard InChI is InChI=1S/C41H46ClN7O6/c1-47(2)40-29(7-5-9-33(40)32-8-6-10-37-34(32)22-46-49(37)13-4-3-12-48-14-11-31(51)23-48)26-55-39-17-38(54-25-28-15-27(18-43)19-44-20-28)30(16-35(39)42)21-45-36(24-50)41(52)53/h5-10,15-17,19-20,22,31,36,45,50-51H,3-4,11-14,21,23-26H2,1-2H3,(H,52,53)/t31-,36+/m1/s1. The highest BCUT2D eigenvalue weighted by Crippen LogP contribution is 2.39. The molecule has 4 N–H and O–H groups in total. The molecule has 0 saturated carbocycles. The van der Waals surface area contributed by atoms with Crippen LogP contribution in [0.2, 0.25) is 5.02 Å². The van der Waals surface area contributed by atoms with Gasteiger partial charge in [0.15, 0.2) is 0 Å². The van der Waals surface area contributed by atoms with E-state index in [0.717, 1.165) is 78.7 Å². The summed E-state index contributed by atoms with van der Waals surface area (Å²) in [5.74, 6) is -0.442. The van der Waals surface area contributed by atoms with Gasteiger partial charge in [-0.1, -0.05) is 41.9 Å². The molecule has 5 aromatic rings. The predicted molar refractivity (Wildman–Crippen MR) is 210 cm³/mol. The Balaban J connectivity index is 1.22. The molecule has 0 unspecified atom stereocenters. The van der Waals surface area contributed by atoms with Crippen LogP contribution in [0.5, 0.6) is 11.5 Å². The number of hydrogen-bond donors (Lipinski definition) is 4. The van der Waals surface area contributed by atoms with E-state index in [1.54, 1.807) is 24.4 Å². The number of carbonyl (C=O) groups is 1. The second-order valence-corrected chi connectivity index (χ2v) is 14.3. The molecule has 288 valence electrons. The lowest BCUT2D eigenvalue weighted by Gasteiger charge is -2.23. The zero-order chi connectivity index (χ0) is 38.9. The van der Waals surface area contributed by atoms with E-state index in [0.29, 0.717) is 33.2 Å². The molecule has 0 radical (unpaired) electrons. The fraction of sp³-hybridized carbons (Fsp3) is 0.366. The molecule has 3 aromatic carbocycles. The Morgan fingerprint density at radius 2 is 1.82 bits per heavy atom. The number of halogens is 1. The molecule has 6 rings (SSSR count). The molecule has 14 heteroatoms. The molecule has 1 fully saturated rings. The fourth-order valence-electron chi connectivity index (χ4n) is 6.95. The molecule has 0 aliphatic carbocycles. The number of anilines is 1. The Labute approximate surface area is 325 Å². The van der Waals surface area contributed by atoms with Crippen LogP contribution < -0.4 is 19.7 Å². The first-order chi connectivity index (χ1) is 26.6. The topological polar surface area (TPSA) is 169 Å². The third kappa shape index (κ3) is 9.72. The molecule has 3 heterocycles. The number of nitrogens with one attached hydrogen (secondary N) is 1. The molecule has 1 aliphatic rings. The van der Waals surface area contributed by atoms with Gasteiger partial charge in [-0.2, -0.15) is 10.4 Å². The van der Waals surface area contributed by atoms with Gasteiger partial charge in [-0.25, -0.2) is 0 Å². The van der Waals surface area contributed by atoms with E-state index in [1.165, 1.54) is 6.20 Å². The van der Waals surface area contributed by atoms with Gasteiger partial charge in [0.05, 0.1) is 40.7 Å². The number of carboxylic acid groups (broad SMARTS) is 1. The maximum Gasteiger partial charge on any atom is 0.323 e. The Bertz CT molecular complexity index is 2150. The van der Waals surface area contributed by atoms with Gasteiger partial charge < -0.3 is 34.6 Å². The number of unbranched alkanes of at least 4 members (excludes halogenated alkanes) is 1. The summed E-state index contributed by atoms with van der Waals surface area (Å²) in [4.78, 5) is 20.0. The van der Waals surface area contributed by atoms with Crippen molar-refractivity contribution in [2.45, 2.75) is 57.7 Å². The zero-order valence-electron chi connectivity index (χ0n) is 31.0. The number of ether oxygens (including phenoxy) is 2. The number of aliphatic hydroxyl groups is 2. The van der Waals surface area contributed by atoms with Crippen LogP contribution in [0, 0.1) is 11.3 Å². The highest BCUT2D eigenvalue weighted by atomic mass is 35.5. The number of β-amino-alcohol motifs (C(OH)–C–C–N with tert-alkyl or cyclic N) is 1. The predicted octanol–water partition coefficient (Wildman–Crippen LogP) is 5.23. The van der Waals surface area contributed by atoms with Gasteiger partial charge in [0.25, 0.3) is 0 Å². The number of carboxylic acids is 1. The van der Waals surface area contributed by atoms with Crippen molar-refractivity contribution in [1.82, 2.24) is 25.0 Å². The molecular formula is C41H46ClN7O6. The number of likely N-dealkylation sites (tertiary alicyclic amines) is 1. The number of hydrogen-bond acceptors (Lipinski definition) is 11. The van der Waals surface area contributed by atoms with Crippen LogP contribution in [0.15, 0.2) is 73.2 Å². The maximum absolute atomic E-state index is 11.6. The van der Waals surface area contributed by atoms with E-state index < -0.39 is 18.6 Å². The summed E-state index contributed by atoms with van der Waals surface area (Å²) in [5, 5.41) is 47.1. The first kappa shape index (κ1) is 39.5. The van der Waals surface area contributed by atoms with Crippen molar-refractivity contribution in [3.05, 3.63) is 100 Å². The summed E-state index contributed by atoms with van der Waals surface area (Å²) in [7, 11) is 4.00. The smallest absolute Gasteiger partial charge is 0.323 e. The number of rotatable bonds is 18. The van der Waals surface area contributed by atoms with Crippen LogP contribution in [0.1, 0.15) is 41.5 Å². The van der Waals surface area contributed by atoms with Gasteiger partial charge in [0, 0.05) is 86.4 Å². The highest BCUT2D eigenvalue weighted by molar-refractivity contribution is 6.32. The average Bonchev–Trinajstić information content (AvgIpc) is 3.80. The first-order valence-corrected chi connectivity index (χ1v) is 18.7. The molecule has 1 aliphatic heterocycles. The van der Waals surface area contributed by atoms with Crippen molar-refractivity contribution >= 4 is 34.2 Å². The molecule has 1 saturated heterocycles. The second-order valence-electron chi connectivity index (χ2n) is 13.9. The summed E-state index contributed by atoms with van der Waals surface area (Å²) in [6.45, 7) is 3.23. The SMILES string of the molecule is CN(C)c1c(COc2cc(OCc3cncc(C#N)c3)c(CN[C@@H](CO)C(=O)O)cc2Cl)cccc1-c1cccc2c1cnn2CCCCN1CC[C@@H](O)C1. The molecule has 55 heavy (non-hydrogen) atoms. The van der Waals surface area contributed by atoms with Crippen LogP contribution >= 0.6 is 11.6 Å². The van der Waals surface area contributed by atoms with Gasteiger partial charge in [-0.3, -0.25) is 19.8 Å². The van der Waals surface area contributed by atoms with E-state index in [-0.39, 0.29) is 25.9 Å². The van der Waals surface area contributed by atoms with Gasteiger partial charge >= 0.3 is 5.97 Å². The number of aliphatic carboxylic acids is 1. The van der Waals surface area contributed by atoms with E-state index in [4.69, 9.17) is 26.2 Å². The minimum absolute atomic E-state index is 0.0436. The number of aromatic nitrogens is 3. The monoisotopic (exact) mass is 767 g/mol. The van der Waals surface area contributed by atoms with Crippen LogP contribution in [-0.4, -0.2) is 93.4 Å². The van der Waals surface area contributed by atoms with Crippen LogP contribution in [0.3, 0.4) is 0 Å². The minimum atomic E-state index is -1.19. The summed E-state index contributed by atoms with van der Waals surface area (Å²) >= 11 is 6.77. The third-order valence-corrected chi connectivity index (χ3v) is 10.0. The summed E-state index contributed by atoms with van der Waals surface area (Å²) < 4.78 is 14.6. The molecule has 0 amide bonds. The number of para-hydroxylation sites is 1. The zero-order valence-corrected chi connectivity index (χ0v) is 31.7. The number of nitriles is 1. The molecule has 0 spiro atoms. The normalized spacial score (nSPS) is 14.9. The number of nitrogens with zero attached hydrogens (tertiary/aromatic N) is 6. The summed E-state index contributed by atoms with van der Waals surface area (Å²) in [6.07, 6.45) is 7.69. The van der Waals surface area contributed by atoms with Crippen molar-refractivity contribution in [1.29, 1.82) is 5.26 Å². The van der Waals surface area contributed by atoms with Gasteiger partial charge in [0.1, 0.15) is 36.8 Å². The molecule has 0 bridgehead atoms. The molecule has 2 aromatic heterocycles. The molecular weight excluding hydrogens is 722 g/mol. The van der Waals surface area contributed by atoms with Crippen molar-refractivity contribution < 1.29 is 29.6 Å². The van der Waals surface area contributed by atoms with Gasteiger partial charge in [-0.15, -0.1) is 0 Å². The quantitative estimate of drug-likeness (QED) is 0.0859. The fourth-order valence-corrected chi connectivity index (χ4v) is 7.19. The summed E-state index contributed by atoms with van der Waals surface area (Å²) in [6, 6.07) is 18.3. The highest BCUT2D eigenvalue weighted by Gasteiger charge is 2.21. The number of fused-ring (bicyclic) bond motifs is 1. The Kier molecular flexibility index (Phi) is 13.2. The third-order valence-electron chi connectivity index (χ3n) is 9.72. The van der Waals surface area contributed by atoms with Gasteiger partial charge in [-0.05, 0) is 49.6 Å². The Morgan fingerprint density at radius 1 is 1.04 bits per heavy atom. The maximum atomic E-state index is 11.6. The Hall–Kier alpha value is -5.23. The average molecular weight is 768 g/mol. The second kappa shape index (κ2) is 18.4. The van der Waals surface area contributed by atoms with Crippen LogP contribution in [-0.2, 0) is 31.1 Å². The van der Waals surface area contributed by atoms with Crippen LogP contribution in [0.4, 0.5) is 5.69 Å². The summed E-state index contributed by atoms with van der Waals surface area (Å²) in [5.41, 5.74) is 6.68. The Morgan fingerprint density at radius 3 is 2.56 bits per heavy atom. The van der Waals surface area contributed by atoms with E-state index in [1.807, 2.05) is 32.4 Å². The number of aliphatic hydroxyl groups excluding tert-OH is 2.